The van der Waals surface area contributed by atoms with Crippen molar-refractivity contribution in [2.75, 3.05) is 0 Å². The van der Waals surface area contributed by atoms with Gasteiger partial charge in [0.05, 0.1) is 6.20 Å². The molecule has 0 bridgehead atoms. The molecule has 0 aliphatic rings. The van der Waals surface area contributed by atoms with Gasteiger partial charge in [0.25, 0.3) is 0 Å². The number of hydrogen-bond acceptors (Lipinski definition) is 4. The molecule has 98 valence electrons. The van der Waals surface area contributed by atoms with Crippen LogP contribution in [0.4, 0.5) is 0 Å². The zero-order chi connectivity index (χ0) is 13.8. The number of fused-ring (bicyclic) bond motifs is 1. The van der Waals surface area contributed by atoms with Gasteiger partial charge in [-0.15, -0.1) is 0 Å². The molecule has 0 spiro atoms. The second kappa shape index (κ2) is 5.48. The van der Waals surface area contributed by atoms with Crippen LogP contribution < -0.4 is 0 Å². The number of benzene rings is 2. The van der Waals surface area contributed by atoms with Crippen molar-refractivity contribution in [3.05, 3.63) is 72.3 Å². The minimum atomic E-state index is -0.466. The minimum Gasteiger partial charge on any atom is -0.456 e. The zero-order valence-corrected chi connectivity index (χ0v) is 10.7. The Morgan fingerprint density at radius 2 is 1.90 bits per heavy atom. The molecule has 0 N–H and O–H groups in total. The summed E-state index contributed by atoms with van der Waals surface area (Å²) in [5.41, 5.74) is 1.16. The highest BCUT2D eigenvalue weighted by Crippen LogP contribution is 2.16. The lowest BCUT2D eigenvalue weighted by Gasteiger charge is -2.05. The van der Waals surface area contributed by atoms with Crippen LogP contribution in [0.3, 0.4) is 0 Å². The standard InChI is InChI=1S/C16H12N2O2/c19-16(15-10-17-7-8-18-15)20-11-12-5-6-13-3-1-2-4-14(13)9-12/h1-10H,11H2. The summed E-state index contributed by atoms with van der Waals surface area (Å²) in [6.07, 6.45) is 4.37. The number of rotatable bonds is 3. The van der Waals surface area contributed by atoms with E-state index < -0.39 is 5.97 Å². The van der Waals surface area contributed by atoms with Crippen LogP contribution in [-0.2, 0) is 11.3 Å². The summed E-state index contributed by atoms with van der Waals surface area (Å²) in [5, 5.41) is 2.29. The van der Waals surface area contributed by atoms with E-state index in [-0.39, 0.29) is 12.3 Å². The van der Waals surface area contributed by atoms with Crippen molar-refractivity contribution in [1.29, 1.82) is 0 Å². The first-order valence-corrected chi connectivity index (χ1v) is 6.24. The van der Waals surface area contributed by atoms with Crippen LogP contribution >= 0.6 is 0 Å². The lowest BCUT2D eigenvalue weighted by Crippen LogP contribution is -2.07. The molecule has 0 aliphatic carbocycles. The quantitative estimate of drug-likeness (QED) is 0.682. The molecule has 3 aromatic rings. The third kappa shape index (κ3) is 2.64. The zero-order valence-electron chi connectivity index (χ0n) is 10.7. The van der Waals surface area contributed by atoms with Crippen molar-refractivity contribution in [3.63, 3.8) is 0 Å². The molecular formula is C16H12N2O2. The van der Waals surface area contributed by atoms with Crippen molar-refractivity contribution in [2.24, 2.45) is 0 Å². The van der Waals surface area contributed by atoms with Crippen molar-refractivity contribution < 1.29 is 9.53 Å². The molecule has 1 heterocycles. The number of carbonyl (C=O) groups is 1. The maximum atomic E-state index is 11.8. The Labute approximate surface area is 116 Å². The first kappa shape index (κ1) is 12.3. The van der Waals surface area contributed by atoms with E-state index in [1.165, 1.54) is 18.6 Å². The lowest BCUT2D eigenvalue weighted by atomic mass is 10.1. The summed E-state index contributed by atoms with van der Waals surface area (Å²) in [4.78, 5) is 19.5. The van der Waals surface area contributed by atoms with E-state index in [9.17, 15) is 4.79 Å². The number of nitrogens with zero attached hydrogens (tertiary/aromatic N) is 2. The highest BCUT2D eigenvalue weighted by molar-refractivity contribution is 5.87. The number of carbonyl (C=O) groups excluding carboxylic acids is 1. The second-order valence-corrected chi connectivity index (χ2v) is 4.35. The smallest absolute Gasteiger partial charge is 0.358 e. The highest BCUT2D eigenvalue weighted by Gasteiger charge is 2.08. The van der Waals surface area contributed by atoms with Gasteiger partial charge in [0.2, 0.25) is 0 Å². The Kier molecular flexibility index (Phi) is 3.37. The molecule has 0 saturated carbocycles. The van der Waals surface area contributed by atoms with E-state index in [2.05, 4.69) is 9.97 Å². The molecule has 0 aliphatic heterocycles. The normalized spacial score (nSPS) is 10.4. The van der Waals surface area contributed by atoms with Gasteiger partial charge in [0.1, 0.15) is 6.61 Å². The molecule has 2 aromatic carbocycles. The van der Waals surface area contributed by atoms with Crippen molar-refractivity contribution in [1.82, 2.24) is 9.97 Å². The van der Waals surface area contributed by atoms with Gasteiger partial charge in [-0.3, -0.25) is 4.98 Å². The number of esters is 1. The average Bonchev–Trinajstić information content (AvgIpc) is 2.53. The van der Waals surface area contributed by atoms with Gasteiger partial charge < -0.3 is 4.74 Å². The average molecular weight is 264 g/mol. The summed E-state index contributed by atoms with van der Waals surface area (Å²) in [6, 6.07) is 14.0. The Hall–Kier alpha value is -2.75. The van der Waals surface area contributed by atoms with E-state index in [4.69, 9.17) is 4.74 Å². The first-order valence-electron chi connectivity index (χ1n) is 6.24. The maximum Gasteiger partial charge on any atom is 0.358 e. The molecule has 0 radical (unpaired) electrons. The summed E-state index contributed by atoms with van der Waals surface area (Å²) >= 11 is 0. The molecule has 20 heavy (non-hydrogen) atoms. The molecule has 0 fully saturated rings. The van der Waals surface area contributed by atoms with Crippen LogP contribution in [0.1, 0.15) is 16.1 Å². The topological polar surface area (TPSA) is 52.1 Å². The SMILES string of the molecule is O=C(OCc1ccc2ccccc2c1)c1cnccn1. The van der Waals surface area contributed by atoms with Gasteiger partial charge in [-0.25, -0.2) is 9.78 Å². The van der Waals surface area contributed by atoms with Crippen LogP contribution in [0, 0.1) is 0 Å². The first-order chi connectivity index (χ1) is 9.83. The number of aromatic nitrogens is 2. The molecule has 0 amide bonds. The summed E-state index contributed by atoms with van der Waals surface area (Å²) in [7, 11) is 0. The van der Waals surface area contributed by atoms with Crippen LogP contribution in [0.5, 0.6) is 0 Å². The Bertz CT molecular complexity index is 742. The van der Waals surface area contributed by atoms with Crippen LogP contribution in [0.25, 0.3) is 10.8 Å². The molecule has 0 saturated heterocycles. The van der Waals surface area contributed by atoms with Gasteiger partial charge in [-0.2, -0.15) is 0 Å². The van der Waals surface area contributed by atoms with Gasteiger partial charge in [-0.1, -0.05) is 36.4 Å². The van der Waals surface area contributed by atoms with Gasteiger partial charge >= 0.3 is 5.97 Å². The minimum absolute atomic E-state index is 0.216. The fraction of sp³-hybridized carbons (Fsp3) is 0.0625. The lowest BCUT2D eigenvalue weighted by molar-refractivity contribution is 0.0465. The maximum absolute atomic E-state index is 11.8. The molecule has 4 heteroatoms. The van der Waals surface area contributed by atoms with Gasteiger partial charge in [0, 0.05) is 12.4 Å². The fourth-order valence-corrected chi connectivity index (χ4v) is 1.96. The van der Waals surface area contributed by atoms with E-state index in [0.29, 0.717) is 0 Å². The van der Waals surface area contributed by atoms with E-state index in [1.807, 2.05) is 42.5 Å². The largest absolute Gasteiger partial charge is 0.456 e. The van der Waals surface area contributed by atoms with Crippen LogP contribution in [-0.4, -0.2) is 15.9 Å². The van der Waals surface area contributed by atoms with E-state index >= 15 is 0 Å². The Morgan fingerprint density at radius 1 is 1.05 bits per heavy atom. The van der Waals surface area contributed by atoms with Crippen molar-refractivity contribution >= 4 is 16.7 Å². The summed E-state index contributed by atoms with van der Waals surface area (Å²) in [5.74, 6) is -0.466. The highest BCUT2D eigenvalue weighted by atomic mass is 16.5. The van der Waals surface area contributed by atoms with Gasteiger partial charge in [-0.05, 0) is 22.4 Å². The number of ether oxygens (including phenoxy) is 1. The molecular weight excluding hydrogens is 252 g/mol. The van der Waals surface area contributed by atoms with E-state index in [1.54, 1.807) is 0 Å². The third-order valence-electron chi connectivity index (χ3n) is 2.96. The molecule has 3 rings (SSSR count). The Balaban J connectivity index is 1.72. The predicted octanol–water partition coefficient (Wildman–Crippen LogP) is 2.99. The van der Waals surface area contributed by atoms with Crippen LogP contribution in [0.15, 0.2) is 61.1 Å². The second-order valence-electron chi connectivity index (χ2n) is 4.35. The molecule has 0 atom stereocenters. The van der Waals surface area contributed by atoms with Gasteiger partial charge in [0.15, 0.2) is 5.69 Å². The van der Waals surface area contributed by atoms with Crippen molar-refractivity contribution in [3.8, 4) is 0 Å². The third-order valence-corrected chi connectivity index (χ3v) is 2.96. The Morgan fingerprint density at radius 3 is 2.70 bits per heavy atom. The predicted molar refractivity (Wildman–Crippen MR) is 75.1 cm³/mol. The summed E-state index contributed by atoms with van der Waals surface area (Å²) < 4.78 is 5.22. The fourth-order valence-electron chi connectivity index (χ4n) is 1.96. The molecule has 0 unspecified atom stereocenters. The van der Waals surface area contributed by atoms with Crippen molar-refractivity contribution in [2.45, 2.75) is 6.61 Å². The molecule has 4 nitrogen and oxygen atoms in total. The van der Waals surface area contributed by atoms with E-state index in [0.717, 1.165) is 16.3 Å². The number of hydrogen-bond donors (Lipinski definition) is 0. The summed E-state index contributed by atoms with van der Waals surface area (Å²) in [6.45, 7) is 0.222. The van der Waals surface area contributed by atoms with Crippen LogP contribution in [0.2, 0.25) is 0 Å². The molecule has 1 aromatic heterocycles. The monoisotopic (exact) mass is 264 g/mol.